The Kier molecular flexibility index (Phi) is 4.84. The van der Waals surface area contributed by atoms with Crippen molar-refractivity contribution in [3.05, 3.63) is 23.8 Å². The van der Waals surface area contributed by atoms with Crippen molar-refractivity contribution in [3.63, 3.8) is 0 Å². The summed E-state index contributed by atoms with van der Waals surface area (Å²) in [6.45, 7) is 3.98. The minimum atomic E-state index is -0.124. The fraction of sp³-hybridized carbons (Fsp3) is 0.533. The van der Waals surface area contributed by atoms with E-state index in [1.807, 2.05) is 0 Å². The normalized spacial score (nSPS) is 22.1. The second-order valence-electron chi connectivity index (χ2n) is 5.09. The van der Waals surface area contributed by atoms with Gasteiger partial charge in [0.05, 0.1) is 19.8 Å². The number of benzene rings is 1. The molecule has 1 heterocycles. The smallest absolute Gasteiger partial charge is 0.255 e. The molecule has 0 aromatic heterocycles. The van der Waals surface area contributed by atoms with Crippen LogP contribution in [-0.2, 0) is 0 Å². The summed E-state index contributed by atoms with van der Waals surface area (Å²) < 4.78 is 10.5. The lowest BCUT2D eigenvalue weighted by Crippen LogP contribution is -2.50. The van der Waals surface area contributed by atoms with Crippen molar-refractivity contribution in [2.75, 3.05) is 27.3 Å². The maximum atomic E-state index is 12.4. The average molecular weight is 278 g/mol. The predicted molar refractivity (Wildman–Crippen MR) is 77.5 cm³/mol. The Labute approximate surface area is 119 Å². The van der Waals surface area contributed by atoms with Gasteiger partial charge in [-0.25, -0.2) is 0 Å². The highest BCUT2D eigenvalue weighted by Gasteiger charge is 2.25. The van der Waals surface area contributed by atoms with Crippen LogP contribution >= 0.6 is 0 Å². The van der Waals surface area contributed by atoms with Crippen molar-refractivity contribution in [1.29, 1.82) is 0 Å². The minimum Gasteiger partial charge on any atom is -0.493 e. The van der Waals surface area contributed by atoms with Crippen LogP contribution in [0.5, 0.6) is 11.5 Å². The van der Waals surface area contributed by atoms with E-state index in [4.69, 9.17) is 9.47 Å². The fourth-order valence-corrected chi connectivity index (χ4v) is 2.50. The van der Waals surface area contributed by atoms with E-state index >= 15 is 0 Å². The van der Waals surface area contributed by atoms with Crippen LogP contribution in [0.4, 0.5) is 0 Å². The van der Waals surface area contributed by atoms with E-state index in [2.05, 4.69) is 17.6 Å². The van der Waals surface area contributed by atoms with E-state index in [-0.39, 0.29) is 11.9 Å². The first-order valence-corrected chi connectivity index (χ1v) is 6.90. The van der Waals surface area contributed by atoms with Crippen LogP contribution in [0.3, 0.4) is 0 Å². The monoisotopic (exact) mass is 278 g/mol. The SMILES string of the molecule is COc1cccc(C(=O)N[C@H]2CNCC[C@H]2C)c1OC. The van der Waals surface area contributed by atoms with E-state index < -0.39 is 0 Å². The summed E-state index contributed by atoms with van der Waals surface area (Å²) in [4.78, 5) is 12.4. The Balaban J connectivity index is 2.16. The second kappa shape index (κ2) is 6.61. The zero-order chi connectivity index (χ0) is 14.5. The average Bonchev–Trinajstić information content (AvgIpc) is 2.48. The van der Waals surface area contributed by atoms with Crippen molar-refractivity contribution < 1.29 is 14.3 Å². The van der Waals surface area contributed by atoms with Crippen LogP contribution in [0.25, 0.3) is 0 Å². The van der Waals surface area contributed by atoms with Gasteiger partial charge in [-0.1, -0.05) is 13.0 Å². The summed E-state index contributed by atoms with van der Waals surface area (Å²) in [5.74, 6) is 1.39. The number of para-hydroxylation sites is 1. The lowest BCUT2D eigenvalue weighted by molar-refractivity contribution is 0.0911. The summed E-state index contributed by atoms with van der Waals surface area (Å²) in [5.41, 5.74) is 0.504. The van der Waals surface area contributed by atoms with Crippen molar-refractivity contribution in [3.8, 4) is 11.5 Å². The summed E-state index contributed by atoms with van der Waals surface area (Å²) >= 11 is 0. The quantitative estimate of drug-likeness (QED) is 0.875. The van der Waals surface area contributed by atoms with Crippen molar-refractivity contribution in [1.82, 2.24) is 10.6 Å². The van der Waals surface area contributed by atoms with Crippen molar-refractivity contribution in [2.45, 2.75) is 19.4 Å². The number of methoxy groups -OCH3 is 2. The van der Waals surface area contributed by atoms with E-state index in [1.54, 1.807) is 32.4 Å². The van der Waals surface area contributed by atoms with E-state index in [0.29, 0.717) is 23.0 Å². The molecule has 0 saturated carbocycles. The Hall–Kier alpha value is -1.75. The molecule has 2 rings (SSSR count). The summed E-state index contributed by atoms with van der Waals surface area (Å²) in [6, 6.07) is 5.46. The van der Waals surface area contributed by atoms with Crippen LogP contribution in [0.1, 0.15) is 23.7 Å². The molecule has 110 valence electrons. The summed E-state index contributed by atoms with van der Waals surface area (Å²) in [6.07, 6.45) is 1.07. The predicted octanol–water partition coefficient (Wildman–Crippen LogP) is 1.43. The number of nitrogens with one attached hydrogen (secondary N) is 2. The van der Waals surface area contributed by atoms with Gasteiger partial charge in [-0.15, -0.1) is 0 Å². The van der Waals surface area contributed by atoms with E-state index in [1.165, 1.54) is 0 Å². The highest BCUT2D eigenvalue weighted by atomic mass is 16.5. The van der Waals surface area contributed by atoms with E-state index in [9.17, 15) is 4.79 Å². The molecule has 1 amide bonds. The third-order valence-electron chi connectivity index (χ3n) is 3.79. The molecule has 1 aliphatic heterocycles. The van der Waals surface area contributed by atoms with Crippen LogP contribution < -0.4 is 20.1 Å². The summed E-state index contributed by atoms with van der Waals surface area (Å²) in [5, 5.41) is 6.38. The number of hydrogen-bond donors (Lipinski definition) is 2. The third kappa shape index (κ3) is 3.04. The molecule has 1 fully saturated rings. The minimum absolute atomic E-state index is 0.124. The lowest BCUT2D eigenvalue weighted by atomic mass is 9.94. The third-order valence-corrected chi connectivity index (χ3v) is 3.79. The van der Waals surface area contributed by atoms with Gasteiger partial charge in [0.15, 0.2) is 11.5 Å². The van der Waals surface area contributed by atoms with Gasteiger partial charge in [0.2, 0.25) is 0 Å². The number of hydrogen-bond acceptors (Lipinski definition) is 4. The molecule has 0 bridgehead atoms. The van der Waals surface area contributed by atoms with Gasteiger partial charge in [-0.3, -0.25) is 4.79 Å². The maximum Gasteiger partial charge on any atom is 0.255 e. The Morgan fingerprint density at radius 1 is 1.35 bits per heavy atom. The highest BCUT2D eigenvalue weighted by molar-refractivity contribution is 5.98. The Morgan fingerprint density at radius 3 is 2.80 bits per heavy atom. The molecule has 0 radical (unpaired) electrons. The van der Waals surface area contributed by atoms with Crippen molar-refractivity contribution in [2.24, 2.45) is 5.92 Å². The molecule has 1 saturated heterocycles. The van der Waals surface area contributed by atoms with Gasteiger partial charge in [-0.05, 0) is 31.0 Å². The number of rotatable bonds is 4. The largest absolute Gasteiger partial charge is 0.493 e. The molecule has 2 N–H and O–H groups in total. The topological polar surface area (TPSA) is 59.6 Å². The first kappa shape index (κ1) is 14.7. The number of carbonyl (C=O) groups is 1. The molecular weight excluding hydrogens is 256 g/mol. The van der Waals surface area contributed by atoms with Crippen LogP contribution in [0.15, 0.2) is 18.2 Å². The molecule has 1 aromatic rings. The Morgan fingerprint density at radius 2 is 2.15 bits per heavy atom. The molecule has 0 unspecified atom stereocenters. The van der Waals surface area contributed by atoms with Crippen LogP contribution in [-0.4, -0.2) is 39.3 Å². The number of piperidine rings is 1. The second-order valence-corrected chi connectivity index (χ2v) is 5.09. The zero-order valence-corrected chi connectivity index (χ0v) is 12.2. The van der Waals surface area contributed by atoms with Crippen molar-refractivity contribution >= 4 is 5.91 Å². The molecular formula is C15H22N2O3. The fourth-order valence-electron chi connectivity index (χ4n) is 2.50. The number of ether oxygens (including phenoxy) is 2. The van der Waals surface area contributed by atoms with Gasteiger partial charge in [0.25, 0.3) is 5.91 Å². The molecule has 5 heteroatoms. The molecule has 5 nitrogen and oxygen atoms in total. The molecule has 0 spiro atoms. The first-order valence-electron chi connectivity index (χ1n) is 6.90. The lowest BCUT2D eigenvalue weighted by Gasteiger charge is -2.30. The van der Waals surface area contributed by atoms with Gasteiger partial charge in [0.1, 0.15) is 0 Å². The molecule has 1 aliphatic rings. The van der Waals surface area contributed by atoms with Gasteiger partial charge >= 0.3 is 0 Å². The molecule has 1 aromatic carbocycles. The number of carbonyl (C=O) groups excluding carboxylic acids is 1. The molecule has 20 heavy (non-hydrogen) atoms. The molecule has 0 aliphatic carbocycles. The highest BCUT2D eigenvalue weighted by Crippen LogP contribution is 2.30. The molecule has 2 atom stereocenters. The van der Waals surface area contributed by atoms with Gasteiger partial charge in [-0.2, -0.15) is 0 Å². The van der Waals surface area contributed by atoms with Crippen LogP contribution in [0.2, 0.25) is 0 Å². The van der Waals surface area contributed by atoms with Crippen LogP contribution in [0, 0.1) is 5.92 Å². The van der Waals surface area contributed by atoms with Gasteiger partial charge in [0, 0.05) is 12.6 Å². The first-order chi connectivity index (χ1) is 9.67. The van der Waals surface area contributed by atoms with Gasteiger partial charge < -0.3 is 20.1 Å². The number of amides is 1. The summed E-state index contributed by atoms with van der Waals surface area (Å²) in [7, 11) is 3.10. The zero-order valence-electron chi connectivity index (χ0n) is 12.2. The Bertz CT molecular complexity index is 476. The van der Waals surface area contributed by atoms with E-state index in [0.717, 1.165) is 19.5 Å². The standard InChI is InChI=1S/C15H22N2O3/c1-10-7-8-16-9-12(10)17-15(18)11-5-4-6-13(19-2)14(11)20-3/h4-6,10,12,16H,7-9H2,1-3H3,(H,17,18)/t10-,12+/m1/s1. The maximum absolute atomic E-state index is 12.4.